The summed E-state index contributed by atoms with van der Waals surface area (Å²) in [6.07, 6.45) is -4.40. The molecule has 84 valence electrons. The summed E-state index contributed by atoms with van der Waals surface area (Å²) in [5.74, 6) is 0.196. The number of nitrogens with zero attached hydrogens (tertiary/aromatic N) is 1. The molecule has 1 rings (SSSR count). The van der Waals surface area contributed by atoms with Crippen LogP contribution in [0.1, 0.15) is 5.69 Å². The molecule has 15 heavy (non-hydrogen) atoms. The molecule has 0 unspecified atom stereocenters. The second-order valence-electron chi connectivity index (χ2n) is 2.83. The number of nitrogens with one attached hydrogen (secondary N) is 1. The molecule has 0 aromatic carbocycles. The van der Waals surface area contributed by atoms with Crippen LogP contribution in [-0.4, -0.2) is 25.2 Å². The third kappa shape index (κ3) is 3.75. The normalized spacial score (nSPS) is 11.5. The average molecular weight is 220 g/mol. The van der Waals surface area contributed by atoms with E-state index in [9.17, 15) is 13.2 Å². The molecule has 1 N–H and O–H groups in total. The predicted octanol–water partition coefficient (Wildman–Crippen LogP) is 2.16. The maximum atomic E-state index is 12.2. The van der Waals surface area contributed by atoms with E-state index >= 15 is 0 Å². The van der Waals surface area contributed by atoms with Crippen LogP contribution in [0, 0.1) is 0 Å². The van der Waals surface area contributed by atoms with E-state index in [4.69, 9.17) is 4.74 Å². The smallest absolute Gasteiger partial charge is 0.383 e. The van der Waals surface area contributed by atoms with Crippen LogP contribution in [0.15, 0.2) is 18.2 Å². The maximum absolute atomic E-state index is 12.2. The molecule has 6 heteroatoms. The number of hydrogen-bond acceptors (Lipinski definition) is 3. The minimum atomic E-state index is -4.40. The molecule has 0 aliphatic carbocycles. The van der Waals surface area contributed by atoms with Crippen LogP contribution < -0.4 is 5.32 Å². The minimum Gasteiger partial charge on any atom is -0.383 e. The summed E-state index contributed by atoms with van der Waals surface area (Å²) in [5, 5.41) is 2.72. The van der Waals surface area contributed by atoms with Gasteiger partial charge in [-0.25, -0.2) is 4.98 Å². The minimum absolute atomic E-state index is 0.196. The molecule has 1 aromatic rings. The van der Waals surface area contributed by atoms with E-state index in [0.29, 0.717) is 13.2 Å². The highest BCUT2D eigenvalue weighted by Gasteiger charge is 2.32. The first kappa shape index (κ1) is 11.8. The predicted molar refractivity (Wildman–Crippen MR) is 49.6 cm³/mol. The molecule has 1 heterocycles. The van der Waals surface area contributed by atoms with Gasteiger partial charge in [-0.1, -0.05) is 6.07 Å². The molecule has 1 aromatic heterocycles. The monoisotopic (exact) mass is 220 g/mol. The zero-order chi connectivity index (χ0) is 11.3. The average Bonchev–Trinajstić information content (AvgIpc) is 2.17. The Morgan fingerprint density at radius 3 is 2.73 bits per heavy atom. The summed E-state index contributed by atoms with van der Waals surface area (Å²) in [4.78, 5) is 3.42. The lowest BCUT2D eigenvalue weighted by Gasteiger charge is -2.08. The van der Waals surface area contributed by atoms with Crippen molar-refractivity contribution in [1.29, 1.82) is 0 Å². The molecule has 0 bridgehead atoms. The van der Waals surface area contributed by atoms with Gasteiger partial charge in [-0.3, -0.25) is 0 Å². The maximum Gasteiger partial charge on any atom is 0.433 e. The number of rotatable bonds is 4. The Bertz CT molecular complexity index is 314. The van der Waals surface area contributed by atoms with Gasteiger partial charge in [-0.2, -0.15) is 13.2 Å². The van der Waals surface area contributed by atoms with E-state index in [1.807, 2.05) is 0 Å². The fourth-order valence-electron chi connectivity index (χ4n) is 0.972. The highest BCUT2D eigenvalue weighted by molar-refractivity contribution is 5.35. The van der Waals surface area contributed by atoms with Crippen molar-refractivity contribution in [2.75, 3.05) is 25.6 Å². The molecule has 0 aliphatic heterocycles. The standard InChI is InChI=1S/C9H11F3N2O/c1-15-6-5-13-8-4-2-3-7(14-8)9(10,11)12/h2-4H,5-6H2,1H3,(H,13,14). The van der Waals surface area contributed by atoms with Gasteiger partial charge in [-0.05, 0) is 12.1 Å². The Labute approximate surface area is 85.3 Å². The fourth-order valence-corrected chi connectivity index (χ4v) is 0.972. The van der Waals surface area contributed by atoms with Gasteiger partial charge in [-0.15, -0.1) is 0 Å². The molecule has 0 saturated heterocycles. The fraction of sp³-hybridized carbons (Fsp3) is 0.444. The van der Waals surface area contributed by atoms with Crippen molar-refractivity contribution >= 4 is 5.82 Å². The second-order valence-corrected chi connectivity index (χ2v) is 2.83. The van der Waals surface area contributed by atoms with Gasteiger partial charge in [0.1, 0.15) is 11.5 Å². The van der Waals surface area contributed by atoms with Crippen LogP contribution in [0.5, 0.6) is 0 Å². The van der Waals surface area contributed by atoms with Crippen molar-refractivity contribution in [3.63, 3.8) is 0 Å². The summed E-state index contributed by atoms with van der Waals surface area (Å²) in [6, 6.07) is 3.72. The van der Waals surface area contributed by atoms with Gasteiger partial charge in [0, 0.05) is 13.7 Å². The Morgan fingerprint density at radius 1 is 1.40 bits per heavy atom. The van der Waals surface area contributed by atoms with Crippen molar-refractivity contribution in [3.8, 4) is 0 Å². The van der Waals surface area contributed by atoms with Gasteiger partial charge in [0.25, 0.3) is 0 Å². The number of pyridine rings is 1. The Morgan fingerprint density at radius 2 is 2.13 bits per heavy atom. The van der Waals surface area contributed by atoms with Crippen molar-refractivity contribution in [1.82, 2.24) is 4.98 Å². The molecule has 0 saturated carbocycles. The highest BCUT2D eigenvalue weighted by atomic mass is 19.4. The quantitative estimate of drug-likeness (QED) is 0.789. The van der Waals surface area contributed by atoms with Crippen LogP contribution in [0.4, 0.5) is 19.0 Å². The largest absolute Gasteiger partial charge is 0.433 e. The molecule has 3 nitrogen and oxygen atoms in total. The Kier molecular flexibility index (Phi) is 3.90. The van der Waals surface area contributed by atoms with Gasteiger partial charge < -0.3 is 10.1 Å². The van der Waals surface area contributed by atoms with Crippen LogP contribution in [-0.2, 0) is 10.9 Å². The SMILES string of the molecule is COCCNc1cccc(C(F)(F)F)n1. The lowest BCUT2D eigenvalue weighted by atomic mass is 10.3. The third-order valence-corrected chi connectivity index (χ3v) is 1.65. The highest BCUT2D eigenvalue weighted by Crippen LogP contribution is 2.27. The van der Waals surface area contributed by atoms with E-state index in [-0.39, 0.29) is 5.82 Å². The first-order valence-electron chi connectivity index (χ1n) is 4.31. The van der Waals surface area contributed by atoms with Crippen LogP contribution >= 0.6 is 0 Å². The first-order chi connectivity index (χ1) is 7.04. The molecule has 0 atom stereocenters. The molecule has 0 aliphatic rings. The molecular formula is C9H11F3N2O. The van der Waals surface area contributed by atoms with Gasteiger partial charge in [0.15, 0.2) is 0 Å². The van der Waals surface area contributed by atoms with Gasteiger partial charge in [0.05, 0.1) is 6.61 Å². The number of alkyl halides is 3. The van der Waals surface area contributed by atoms with Crippen molar-refractivity contribution in [2.24, 2.45) is 0 Å². The Balaban J connectivity index is 2.66. The number of ether oxygens (including phenoxy) is 1. The summed E-state index contributed by atoms with van der Waals surface area (Å²) < 4.78 is 41.5. The summed E-state index contributed by atoms with van der Waals surface area (Å²) in [6.45, 7) is 0.836. The van der Waals surface area contributed by atoms with E-state index in [0.717, 1.165) is 6.07 Å². The van der Waals surface area contributed by atoms with Crippen LogP contribution in [0.2, 0.25) is 0 Å². The molecule has 0 spiro atoms. The van der Waals surface area contributed by atoms with Crippen LogP contribution in [0.3, 0.4) is 0 Å². The third-order valence-electron chi connectivity index (χ3n) is 1.65. The number of methoxy groups -OCH3 is 1. The van der Waals surface area contributed by atoms with Gasteiger partial charge >= 0.3 is 6.18 Å². The van der Waals surface area contributed by atoms with Crippen molar-refractivity contribution in [3.05, 3.63) is 23.9 Å². The zero-order valence-corrected chi connectivity index (χ0v) is 8.14. The molecule has 0 radical (unpaired) electrons. The van der Waals surface area contributed by atoms with E-state index in [1.165, 1.54) is 19.2 Å². The summed E-state index contributed by atoms with van der Waals surface area (Å²) in [7, 11) is 1.52. The number of hydrogen-bond donors (Lipinski definition) is 1. The molecule has 0 amide bonds. The van der Waals surface area contributed by atoms with Crippen molar-refractivity contribution < 1.29 is 17.9 Å². The summed E-state index contributed by atoms with van der Waals surface area (Å²) >= 11 is 0. The second kappa shape index (κ2) is 4.97. The zero-order valence-electron chi connectivity index (χ0n) is 8.14. The Hall–Kier alpha value is -1.30. The number of aromatic nitrogens is 1. The lowest BCUT2D eigenvalue weighted by molar-refractivity contribution is -0.141. The first-order valence-corrected chi connectivity index (χ1v) is 4.31. The van der Waals surface area contributed by atoms with Crippen molar-refractivity contribution in [2.45, 2.75) is 6.18 Å². The lowest BCUT2D eigenvalue weighted by Crippen LogP contribution is -2.12. The summed E-state index contributed by atoms with van der Waals surface area (Å²) in [5.41, 5.74) is -0.898. The number of halogens is 3. The van der Waals surface area contributed by atoms with E-state index in [1.54, 1.807) is 0 Å². The number of anilines is 1. The van der Waals surface area contributed by atoms with E-state index in [2.05, 4.69) is 10.3 Å². The molecular weight excluding hydrogens is 209 g/mol. The van der Waals surface area contributed by atoms with Crippen LogP contribution in [0.25, 0.3) is 0 Å². The topological polar surface area (TPSA) is 34.1 Å². The molecule has 0 fully saturated rings. The van der Waals surface area contributed by atoms with E-state index < -0.39 is 11.9 Å². The van der Waals surface area contributed by atoms with Gasteiger partial charge in [0.2, 0.25) is 0 Å².